The lowest BCUT2D eigenvalue weighted by Gasteiger charge is -2.09. The van der Waals surface area contributed by atoms with Crippen molar-refractivity contribution in [2.24, 2.45) is 5.92 Å². The molecule has 0 spiro atoms. The summed E-state index contributed by atoms with van der Waals surface area (Å²) in [6.07, 6.45) is 5.56. The number of aromatic nitrogens is 3. The molecule has 1 aliphatic carbocycles. The van der Waals surface area contributed by atoms with Gasteiger partial charge in [0.2, 0.25) is 5.91 Å². The summed E-state index contributed by atoms with van der Waals surface area (Å²) >= 11 is 0. The second kappa shape index (κ2) is 7.66. The fourth-order valence-corrected chi connectivity index (χ4v) is 3.26. The maximum Gasteiger partial charge on any atom is 0.231 e. The number of fused-ring (bicyclic) bond motifs is 1. The van der Waals surface area contributed by atoms with E-state index in [9.17, 15) is 14.0 Å². The number of alkyl halides is 1. The Kier molecular flexibility index (Phi) is 5.05. The molecule has 0 radical (unpaired) electrons. The molecule has 4 rings (SSSR count). The van der Waals surface area contributed by atoms with Gasteiger partial charge in [-0.15, -0.1) is 0 Å². The Labute approximate surface area is 167 Å². The van der Waals surface area contributed by atoms with Gasteiger partial charge in [0.05, 0.1) is 11.4 Å². The molecular weight excluding hydrogens is 371 g/mol. The van der Waals surface area contributed by atoms with Gasteiger partial charge in [-0.3, -0.25) is 19.6 Å². The number of halogens is 1. The van der Waals surface area contributed by atoms with Crippen molar-refractivity contribution in [3.8, 4) is 11.1 Å². The van der Waals surface area contributed by atoms with E-state index in [1.165, 1.54) is 0 Å². The van der Waals surface area contributed by atoms with Gasteiger partial charge >= 0.3 is 0 Å². The lowest BCUT2D eigenvalue weighted by Crippen LogP contribution is -2.15. The van der Waals surface area contributed by atoms with Gasteiger partial charge in [-0.25, -0.2) is 9.37 Å². The fraction of sp³-hybridized carbons (Fsp3) is 0.318. The monoisotopic (exact) mass is 392 g/mol. The average Bonchev–Trinajstić information content (AvgIpc) is 3.44. The van der Waals surface area contributed by atoms with E-state index in [1.807, 2.05) is 26.0 Å². The summed E-state index contributed by atoms with van der Waals surface area (Å²) in [5.41, 5.74) is 3.87. The molecule has 1 amide bonds. The van der Waals surface area contributed by atoms with Gasteiger partial charge in [0.1, 0.15) is 17.7 Å². The van der Waals surface area contributed by atoms with Crippen LogP contribution in [0.4, 0.5) is 10.2 Å². The summed E-state index contributed by atoms with van der Waals surface area (Å²) in [4.78, 5) is 37.0. The van der Waals surface area contributed by atoms with Crippen LogP contribution in [0.3, 0.4) is 0 Å². The van der Waals surface area contributed by atoms with Gasteiger partial charge in [0, 0.05) is 47.6 Å². The van der Waals surface area contributed by atoms with Crippen molar-refractivity contribution in [2.75, 3.05) is 5.32 Å². The first-order chi connectivity index (χ1) is 14.0. The molecule has 3 heterocycles. The van der Waals surface area contributed by atoms with Crippen molar-refractivity contribution in [3.63, 3.8) is 0 Å². The van der Waals surface area contributed by atoms with Crippen molar-refractivity contribution in [1.29, 1.82) is 0 Å². The molecule has 3 aromatic heterocycles. The number of rotatable bonds is 6. The molecule has 0 aromatic carbocycles. The van der Waals surface area contributed by atoms with Crippen LogP contribution in [0.15, 0.2) is 36.8 Å². The van der Waals surface area contributed by atoms with Crippen LogP contribution in [0.2, 0.25) is 0 Å². The van der Waals surface area contributed by atoms with Crippen molar-refractivity contribution < 1.29 is 14.0 Å². The van der Waals surface area contributed by atoms with Gasteiger partial charge < -0.3 is 5.32 Å². The highest BCUT2D eigenvalue weighted by atomic mass is 19.1. The Hall–Kier alpha value is -3.22. The van der Waals surface area contributed by atoms with Gasteiger partial charge in [-0.05, 0) is 37.5 Å². The van der Waals surface area contributed by atoms with E-state index in [4.69, 9.17) is 0 Å². The summed E-state index contributed by atoms with van der Waals surface area (Å²) < 4.78 is 13.0. The Morgan fingerprint density at radius 2 is 1.93 bits per heavy atom. The standard InChI is InChI=1S/C22H21FN4O2/c1-3-4-20(28)19-5-12(2)16(11-25-19)13-6-14-10-26-21(8-18(14)24-9-13)27-22(29)15-7-17(15)23/h5-6,8-11,15,17H,3-4,7H2,1-2H3,(H,26,27,29)/t15-,17+/m0/s1. The molecule has 1 fully saturated rings. The van der Waals surface area contributed by atoms with E-state index in [0.717, 1.165) is 28.5 Å². The van der Waals surface area contributed by atoms with Crippen LogP contribution in [-0.2, 0) is 4.79 Å². The molecule has 0 saturated heterocycles. The van der Waals surface area contributed by atoms with Crippen LogP contribution in [0.1, 0.15) is 42.2 Å². The molecule has 2 atom stereocenters. The van der Waals surface area contributed by atoms with Crippen LogP contribution >= 0.6 is 0 Å². The largest absolute Gasteiger partial charge is 0.310 e. The number of Topliss-reactive ketones (excluding diaryl/α,β-unsaturated/α-hetero) is 1. The highest BCUT2D eigenvalue weighted by Crippen LogP contribution is 2.34. The number of pyridine rings is 3. The number of amides is 1. The van der Waals surface area contributed by atoms with Crippen LogP contribution < -0.4 is 5.32 Å². The lowest BCUT2D eigenvalue weighted by atomic mass is 10.0. The van der Waals surface area contributed by atoms with Crippen molar-refractivity contribution in [2.45, 2.75) is 39.3 Å². The minimum Gasteiger partial charge on any atom is -0.310 e. The van der Waals surface area contributed by atoms with E-state index in [2.05, 4.69) is 20.3 Å². The zero-order valence-corrected chi connectivity index (χ0v) is 16.3. The molecule has 0 aliphatic heterocycles. The Balaban J connectivity index is 1.58. The normalized spacial score (nSPS) is 17.9. The van der Waals surface area contributed by atoms with E-state index < -0.39 is 12.1 Å². The smallest absolute Gasteiger partial charge is 0.231 e. The molecule has 1 saturated carbocycles. The highest BCUT2D eigenvalue weighted by Gasteiger charge is 2.43. The predicted octanol–water partition coefficient (Wildman–Crippen LogP) is 4.28. The number of anilines is 1. The minimum atomic E-state index is -1.04. The lowest BCUT2D eigenvalue weighted by molar-refractivity contribution is -0.117. The Morgan fingerprint density at radius 3 is 2.62 bits per heavy atom. The fourth-order valence-electron chi connectivity index (χ4n) is 3.26. The number of carbonyl (C=O) groups excluding carboxylic acids is 2. The molecule has 1 N–H and O–H groups in total. The van der Waals surface area contributed by atoms with Gasteiger partial charge in [-0.2, -0.15) is 0 Å². The average molecular weight is 392 g/mol. The number of nitrogens with one attached hydrogen (secondary N) is 1. The van der Waals surface area contributed by atoms with E-state index >= 15 is 0 Å². The predicted molar refractivity (Wildman–Crippen MR) is 108 cm³/mol. The van der Waals surface area contributed by atoms with Crippen LogP contribution in [0.5, 0.6) is 0 Å². The maximum absolute atomic E-state index is 13.0. The third kappa shape index (κ3) is 3.99. The summed E-state index contributed by atoms with van der Waals surface area (Å²) in [5.74, 6) is -0.507. The molecule has 6 nitrogen and oxygen atoms in total. The second-order valence-corrected chi connectivity index (χ2v) is 7.39. The quantitative estimate of drug-likeness (QED) is 0.633. The number of hydrogen-bond donors (Lipinski definition) is 1. The van der Waals surface area contributed by atoms with Crippen LogP contribution in [-0.4, -0.2) is 32.8 Å². The molecule has 1 aliphatic rings. The number of ketones is 1. The molecule has 7 heteroatoms. The number of nitrogens with zero attached hydrogens (tertiary/aromatic N) is 3. The molecule has 29 heavy (non-hydrogen) atoms. The third-order valence-electron chi connectivity index (χ3n) is 5.05. The SMILES string of the molecule is CCCC(=O)c1cc(C)c(-c2cnc3cc(NC(=O)[C@H]4C[C@H]4F)ncc3c2)cn1. The zero-order valence-electron chi connectivity index (χ0n) is 16.3. The van der Waals surface area contributed by atoms with E-state index in [1.54, 1.807) is 24.7 Å². The first kappa shape index (κ1) is 19.1. The summed E-state index contributed by atoms with van der Waals surface area (Å²) in [6.45, 7) is 3.91. The third-order valence-corrected chi connectivity index (χ3v) is 5.05. The first-order valence-electron chi connectivity index (χ1n) is 9.67. The zero-order chi connectivity index (χ0) is 20.5. The van der Waals surface area contributed by atoms with Gasteiger partial charge in [0.25, 0.3) is 0 Å². The van der Waals surface area contributed by atoms with Gasteiger partial charge in [-0.1, -0.05) is 6.92 Å². The number of carbonyl (C=O) groups is 2. The maximum atomic E-state index is 13.0. The molecule has 148 valence electrons. The van der Waals surface area contributed by atoms with Crippen molar-refractivity contribution in [1.82, 2.24) is 15.0 Å². The second-order valence-electron chi connectivity index (χ2n) is 7.39. The summed E-state index contributed by atoms with van der Waals surface area (Å²) in [7, 11) is 0. The molecule has 3 aromatic rings. The molecule has 0 unspecified atom stereocenters. The summed E-state index contributed by atoms with van der Waals surface area (Å²) in [5, 5.41) is 3.44. The van der Waals surface area contributed by atoms with Crippen molar-refractivity contribution in [3.05, 3.63) is 48.0 Å². The molecular formula is C22H21FN4O2. The van der Waals surface area contributed by atoms with Crippen molar-refractivity contribution >= 4 is 28.4 Å². The number of aryl methyl sites for hydroxylation is 1. The Morgan fingerprint density at radius 1 is 1.14 bits per heavy atom. The summed E-state index contributed by atoms with van der Waals surface area (Å²) in [6, 6.07) is 5.42. The Bertz CT molecular complexity index is 1120. The highest BCUT2D eigenvalue weighted by molar-refractivity contribution is 5.96. The minimum absolute atomic E-state index is 0.0443. The topological polar surface area (TPSA) is 84.8 Å². The van der Waals surface area contributed by atoms with E-state index in [0.29, 0.717) is 23.4 Å². The number of hydrogen-bond acceptors (Lipinski definition) is 5. The van der Waals surface area contributed by atoms with Crippen LogP contribution in [0.25, 0.3) is 22.0 Å². The van der Waals surface area contributed by atoms with Crippen LogP contribution in [0, 0.1) is 12.8 Å². The molecule has 0 bridgehead atoms. The first-order valence-corrected chi connectivity index (χ1v) is 9.67. The van der Waals surface area contributed by atoms with Gasteiger partial charge in [0.15, 0.2) is 5.78 Å². The van der Waals surface area contributed by atoms with E-state index in [-0.39, 0.29) is 18.1 Å².